The number of hydrogen-bond donors (Lipinski definition) is 1. The first kappa shape index (κ1) is 25.9. The maximum atomic E-state index is 12.8. The molecule has 186 valence electrons. The fraction of sp³-hybridized carbons (Fsp3) is 0.269. The molecule has 0 heterocycles. The summed E-state index contributed by atoms with van der Waals surface area (Å²) in [6.07, 6.45) is 1.06. The third-order valence-corrected chi connectivity index (χ3v) is 6.02. The van der Waals surface area contributed by atoms with Crippen LogP contribution in [0.1, 0.15) is 19.4 Å². The molecule has 0 bridgehead atoms. The molecule has 3 aromatic carbocycles. The Hall–Kier alpha value is -3.72. The van der Waals surface area contributed by atoms with Crippen LogP contribution in [-0.2, 0) is 21.4 Å². The highest BCUT2D eigenvalue weighted by atomic mass is 32.2. The van der Waals surface area contributed by atoms with E-state index in [-0.39, 0.29) is 12.2 Å². The Morgan fingerprint density at radius 3 is 2.20 bits per heavy atom. The maximum Gasteiger partial charge on any atom is 0.241 e. The van der Waals surface area contributed by atoms with Crippen molar-refractivity contribution < 1.29 is 27.4 Å². The van der Waals surface area contributed by atoms with Gasteiger partial charge < -0.3 is 19.5 Å². The number of amides is 1. The minimum absolute atomic E-state index is 0.199. The number of para-hydroxylation sites is 3. The molecule has 3 rings (SSSR count). The zero-order chi connectivity index (χ0) is 25.3. The van der Waals surface area contributed by atoms with Crippen molar-refractivity contribution in [2.75, 3.05) is 30.3 Å². The van der Waals surface area contributed by atoms with E-state index in [0.717, 1.165) is 16.1 Å². The summed E-state index contributed by atoms with van der Waals surface area (Å²) in [4.78, 5) is 12.8. The summed E-state index contributed by atoms with van der Waals surface area (Å²) in [5.41, 5.74) is 1.07. The molecule has 0 saturated carbocycles. The predicted molar refractivity (Wildman–Crippen MR) is 136 cm³/mol. The predicted octanol–water partition coefficient (Wildman–Crippen LogP) is 4.36. The van der Waals surface area contributed by atoms with Crippen molar-refractivity contribution in [3.05, 3.63) is 78.4 Å². The van der Waals surface area contributed by atoms with E-state index in [1.165, 1.54) is 0 Å². The Balaban J connectivity index is 1.75. The Bertz CT molecular complexity index is 1230. The van der Waals surface area contributed by atoms with Gasteiger partial charge >= 0.3 is 0 Å². The molecule has 0 spiro atoms. The number of ether oxygens (including phenoxy) is 3. The molecule has 0 aliphatic rings. The lowest BCUT2D eigenvalue weighted by Gasteiger charge is -2.24. The molecule has 0 unspecified atom stereocenters. The number of hydrogen-bond acceptors (Lipinski definition) is 6. The summed E-state index contributed by atoms with van der Waals surface area (Å²) < 4.78 is 43.4. The number of carbonyl (C=O) groups excluding carboxylic acids is 1. The van der Waals surface area contributed by atoms with Gasteiger partial charge in [0, 0.05) is 6.54 Å². The van der Waals surface area contributed by atoms with Crippen LogP contribution in [0.4, 0.5) is 5.69 Å². The minimum Gasteiger partial charge on any atom is -0.490 e. The highest BCUT2D eigenvalue weighted by Gasteiger charge is 2.24. The molecule has 0 aliphatic heterocycles. The van der Waals surface area contributed by atoms with E-state index >= 15 is 0 Å². The van der Waals surface area contributed by atoms with Crippen molar-refractivity contribution in [1.82, 2.24) is 5.32 Å². The van der Waals surface area contributed by atoms with Crippen LogP contribution in [0.3, 0.4) is 0 Å². The van der Waals surface area contributed by atoms with Crippen LogP contribution >= 0.6 is 0 Å². The molecule has 9 heteroatoms. The largest absolute Gasteiger partial charge is 0.490 e. The smallest absolute Gasteiger partial charge is 0.241 e. The van der Waals surface area contributed by atoms with Crippen molar-refractivity contribution in [2.45, 2.75) is 20.4 Å². The first-order valence-electron chi connectivity index (χ1n) is 11.3. The summed E-state index contributed by atoms with van der Waals surface area (Å²) in [5.74, 6) is 1.63. The van der Waals surface area contributed by atoms with Gasteiger partial charge in [0.25, 0.3) is 0 Å². The molecule has 1 amide bonds. The Labute approximate surface area is 206 Å². The molecule has 8 nitrogen and oxygen atoms in total. The normalized spacial score (nSPS) is 10.9. The van der Waals surface area contributed by atoms with Gasteiger partial charge in [0.15, 0.2) is 17.2 Å². The Morgan fingerprint density at radius 1 is 0.857 bits per heavy atom. The van der Waals surface area contributed by atoms with E-state index in [2.05, 4.69) is 5.32 Å². The van der Waals surface area contributed by atoms with E-state index in [0.29, 0.717) is 36.2 Å². The lowest BCUT2D eigenvalue weighted by atomic mass is 10.2. The third-order valence-electron chi connectivity index (χ3n) is 4.89. The zero-order valence-electron chi connectivity index (χ0n) is 20.1. The second-order valence-electron chi connectivity index (χ2n) is 7.58. The number of anilines is 1. The van der Waals surface area contributed by atoms with E-state index in [4.69, 9.17) is 14.2 Å². The Kier molecular flexibility index (Phi) is 8.97. The molecular formula is C26H30N2O6S. The monoisotopic (exact) mass is 498 g/mol. The maximum absolute atomic E-state index is 12.8. The number of nitrogens with one attached hydrogen (secondary N) is 1. The quantitative estimate of drug-likeness (QED) is 0.399. The lowest BCUT2D eigenvalue weighted by Crippen LogP contribution is -2.40. The topological polar surface area (TPSA) is 94.2 Å². The third kappa shape index (κ3) is 7.38. The van der Waals surface area contributed by atoms with E-state index in [1.807, 2.05) is 38.1 Å². The molecule has 3 aromatic rings. The van der Waals surface area contributed by atoms with Crippen LogP contribution < -0.4 is 23.8 Å². The first-order chi connectivity index (χ1) is 16.8. The van der Waals surface area contributed by atoms with Gasteiger partial charge in [0.05, 0.1) is 25.2 Å². The molecule has 0 atom stereocenters. The van der Waals surface area contributed by atoms with E-state index in [9.17, 15) is 13.2 Å². The number of sulfonamides is 1. The van der Waals surface area contributed by atoms with E-state index < -0.39 is 22.5 Å². The molecule has 1 N–H and O–H groups in total. The zero-order valence-corrected chi connectivity index (χ0v) is 20.9. The van der Waals surface area contributed by atoms with Gasteiger partial charge in [0.2, 0.25) is 15.9 Å². The van der Waals surface area contributed by atoms with Gasteiger partial charge in [-0.25, -0.2) is 8.42 Å². The summed E-state index contributed by atoms with van der Waals surface area (Å²) in [6.45, 7) is 4.55. The minimum atomic E-state index is -3.78. The molecule has 0 aromatic heterocycles. The van der Waals surface area contributed by atoms with Gasteiger partial charge in [-0.05, 0) is 55.8 Å². The number of benzene rings is 3. The second kappa shape index (κ2) is 12.1. The summed E-state index contributed by atoms with van der Waals surface area (Å²) >= 11 is 0. The standard InChI is InChI=1S/C26H30N2O6S/c1-4-32-24-16-15-20(17-25(24)33-5-2)18-27-26(29)19-28(35(3,30)31)22-13-9-10-14-23(22)34-21-11-7-6-8-12-21/h6-17H,4-5,18-19H2,1-3H3,(H,27,29). The number of rotatable bonds is 12. The van der Waals surface area contributed by atoms with Gasteiger partial charge in [-0.15, -0.1) is 0 Å². The molecule has 35 heavy (non-hydrogen) atoms. The highest BCUT2D eigenvalue weighted by molar-refractivity contribution is 7.92. The van der Waals surface area contributed by atoms with Crippen LogP contribution in [0.2, 0.25) is 0 Å². The van der Waals surface area contributed by atoms with Crippen molar-refractivity contribution in [1.29, 1.82) is 0 Å². The van der Waals surface area contributed by atoms with Crippen molar-refractivity contribution in [3.63, 3.8) is 0 Å². The lowest BCUT2D eigenvalue weighted by molar-refractivity contribution is -0.119. The molecule has 0 saturated heterocycles. The van der Waals surface area contributed by atoms with Crippen LogP contribution in [-0.4, -0.2) is 40.3 Å². The first-order valence-corrected chi connectivity index (χ1v) is 13.1. The van der Waals surface area contributed by atoms with Crippen LogP contribution in [0.15, 0.2) is 72.8 Å². The number of carbonyl (C=O) groups is 1. The van der Waals surface area contributed by atoms with Crippen LogP contribution in [0, 0.1) is 0 Å². The van der Waals surface area contributed by atoms with E-state index in [1.54, 1.807) is 48.5 Å². The summed E-state index contributed by atoms with van der Waals surface area (Å²) in [6, 6.07) is 21.1. The van der Waals surface area contributed by atoms with Gasteiger partial charge in [-0.1, -0.05) is 36.4 Å². The van der Waals surface area contributed by atoms with Gasteiger partial charge in [0.1, 0.15) is 12.3 Å². The molecule has 0 radical (unpaired) electrons. The molecule has 0 fully saturated rings. The second-order valence-corrected chi connectivity index (χ2v) is 9.48. The average Bonchev–Trinajstić information content (AvgIpc) is 2.83. The van der Waals surface area contributed by atoms with Gasteiger partial charge in [-0.2, -0.15) is 0 Å². The fourth-order valence-corrected chi connectivity index (χ4v) is 4.20. The van der Waals surface area contributed by atoms with Crippen LogP contribution in [0.5, 0.6) is 23.0 Å². The summed E-state index contributed by atoms with van der Waals surface area (Å²) in [7, 11) is -3.78. The number of nitrogens with zero attached hydrogens (tertiary/aromatic N) is 1. The summed E-state index contributed by atoms with van der Waals surface area (Å²) in [5, 5.41) is 2.78. The average molecular weight is 499 g/mol. The van der Waals surface area contributed by atoms with Crippen molar-refractivity contribution in [2.24, 2.45) is 0 Å². The van der Waals surface area contributed by atoms with Crippen molar-refractivity contribution >= 4 is 21.6 Å². The van der Waals surface area contributed by atoms with Crippen molar-refractivity contribution in [3.8, 4) is 23.0 Å². The van der Waals surface area contributed by atoms with Crippen LogP contribution in [0.25, 0.3) is 0 Å². The SMILES string of the molecule is CCOc1ccc(CNC(=O)CN(c2ccccc2Oc2ccccc2)S(C)(=O)=O)cc1OCC. The fourth-order valence-electron chi connectivity index (χ4n) is 3.34. The molecular weight excluding hydrogens is 468 g/mol. The molecule has 0 aliphatic carbocycles. The Morgan fingerprint density at radius 2 is 1.51 bits per heavy atom. The van der Waals surface area contributed by atoms with Gasteiger partial charge in [-0.3, -0.25) is 9.10 Å². The highest BCUT2D eigenvalue weighted by Crippen LogP contribution is 2.33.